The summed E-state index contributed by atoms with van der Waals surface area (Å²) < 4.78 is 2.12. The van der Waals surface area contributed by atoms with E-state index in [2.05, 4.69) is 58.8 Å². The molecule has 0 spiro atoms. The van der Waals surface area contributed by atoms with Gasteiger partial charge < -0.3 is 9.47 Å². The summed E-state index contributed by atoms with van der Waals surface area (Å²) in [4.78, 5) is 19.0. The molecule has 0 fully saturated rings. The minimum Gasteiger partial charge on any atom is -0.317 e. The second kappa shape index (κ2) is 7.62. The molecule has 25 heavy (non-hydrogen) atoms. The number of aromatic nitrogens is 2. The molecule has 0 amide bonds. The molecule has 0 aliphatic rings. The van der Waals surface area contributed by atoms with Gasteiger partial charge in [0.2, 0.25) is 0 Å². The molecule has 0 aliphatic carbocycles. The maximum absolute atomic E-state index is 12.1. The van der Waals surface area contributed by atoms with Crippen LogP contribution in [0.25, 0.3) is 11.0 Å². The summed E-state index contributed by atoms with van der Waals surface area (Å²) in [6.45, 7) is 5.52. The molecule has 130 valence electrons. The van der Waals surface area contributed by atoms with Crippen LogP contribution in [0.15, 0.2) is 54.6 Å². The molecule has 1 atom stereocenters. The predicted octanol–water partition coefficient (Wildman–Crippen LogP) is 4.32. The first kappa shape index (κ1) is 17.4. The van der Waals surface area contributed by atoms with Crippen LogP contribution in [0.5, 0.6) is 0 Å². The molecule has 0 radical (unpaired) electrons. The monoisotopic (exact) mass is 335 g/mol. The van der Waals surface area contributed by atoms with Gasteiger partial charge in [-0.05, 0) is 31.2 Å². The summed E-state index contributed by atoms with van der Waals surface area (Å²) in [6, 6.07) is 18.7. The number of carbonyl (C=O) groups excluding carboxylic acids is 1. The van der Waals surface area contributed by atoms with Crippen molar-refractivity contribution in [2.24, 2.45) is 0 Å². The number of Topliss-reactive ketones (excluding diaryl/α,β-unsaturated/α-hetero) is 1. The van der Waals surface area contributed by atoms with E-state index in [1.165, 1.54) is 5.56 Å². The molecule has 3 rings (SSSR count). The van der Waals surface area contributed by atoms with Crippen LogP contribution in [-0.2, 0) is 6.54 Å². The number of fused-ring (bicyclic) bond motifs is 1. The second-order valence-electron chi connectivity index (χ2n) is 6.59. The number of nitrogens with zero attached hydrogens (tertiary/aromatic N) is 3. The van der Waals surface area contributed by atoms with Gasteiger partial charge in [0.25, 0.3) is 0 Å². The van der Waals surface area contributed by atoms with Crippen LogP contribution in [0.2, 0.25) is 0 Å². The Labute approximate surface area is 149 Å². The van der Waals surface area contributed by atoms with E-state index in [-0.39, 0.29) is 11.8 Å². The van der Waals surface area contributed by atoms with Crippen molar-refractivity contribution in [1.82, 2.24) is 14.5 Å². The molecule has 4 nitrogen and oxygen atoms in total. The molecule has 0 saturated carbocycles. The van der Waals surface area contributed by atoms with Crippen LogP contribution in [0.1, 0.15) is 42.5 Å². The molecule has 1 heterocycles. The largest absolute Gasteiger partial charge is 0.317 e. The van der Waals surface area contributed by atoms with Gasteiger partial charge in [-0.2, -0.15) is 0 Å². The lowest BCUT2D eigenvalue weighted by Crippen LogP contribution is -2.28. The van der Waals surface area contributed by atoms with Crippen LogP contribution >= 0.6 is 0 Å². The van der Waals surface area contributed by atoms with E-state index >= 15 is 0 Å². The van der Waals surface area contributed by atoms with Crippen LogP contribution < -0.4 is 0 Å². The Balaban J connectivity index is 1.89. The first-order chi connectivity index (χ1) is 12.1. The van der Waals surface area contributed by atoms with Crippen LogP contribution in [0.3, 0.4) is 0 Å². The highest BCUT2D eigenvalue weighted by atomic mass is 16.1. The number of para-hydroxylation sites is 2. The normalized spacial score (nSPS) is 12.6. The fourth-order valence-corrected chi connectivity index (χ4v) is 3.38. The number of ketones is 1. The average Bonchev–Trinajstić information content (AvgIpc) is 3.00. The van der Waals surface area contributed by atoms with Gasteiger partial charge >= 0.3 is 0 Å². The maximum atomic E-state index is 12.1. The summed E-state index contributed by atoms with van der Waals surface area (Å²) in [5, 5.41) is 0. The Hall–Kier alpha value is -2.46. The van der Waals surface area contributed by atoms with E-state index in [9.17, 15) is 4.79 Å². The minimum atomic E-state index is 0.0142. The van der Waals surface area contributed by atoms with E-state index in [4.69, 9.17) is 0 Å². The van der Waals surface area contributed by atoms with Gasteiger partial charge in [-0.1, -0.05) is 49.4 Å². The van der Waals surface area contributed by atoms with Crippen molar-refractivity contribution in [1.29, 1.82) is 0 Å². The Bertz CT molecular complexity index is 854. The first-order valence-corrected chi connectivity index (χ1v) is 8.80. The minimum absolute atomic E-state index is 0.0142. The molecule has 4 heteroatoms. The van der Waals surface area contributed by atoms with Crippen molar-refractivity contribution in [3.63, 3.8) is 0 Å². The lowest BCUT2D eigenvalue weighted by Gasteiger charge is -2.26. The third-order valence-electron chi connectivity index (χ3n) is 4.56. The quantitative estimate of drug-likeness (QED) is 0.604. The van der Waals surface area contributed by atoms with Gasteiger partial charge in [0.15, 0.2) is 11.6 Å². The highest BCUT2D eigenvalue weighted by Gasteiger charge is 2.21. The van der Waals surface area contributed by atoms with E-state index in [1.54, 1.807) is 6.92 Å². The van der Waals surface area contributed by atoms with Crippen LogP contribution in [0.4, 0.5) is 0 Å². The van der Waals surface area contributed by atoms with Crippen molar-refractivity contribution in [3.8, 4) is 0 Å². The zero-order valence-corrected chi connectivity index (χ0v) is 15.1. The van der Waals surface area contributed by atoms with Crippen molar-refractivity contribution in [3.05, 3.63) is 66.0 Å². The number of rotatable bonds is 7. The number of hydrogen-bond acceptors (Lipinski definition) is 3. The zero-order chi connectivity index (χ0) is 17.8. The molecule has 2 aromatic carbocycles. The van der Waals surface area contributed by atoms with Crippen molar-refractivity contribution < 1.29 is 4.79 Å². The Morgan fingerprint density at radius 3 is 2.48 bits per heavy atom. The average molecular weight is 335 g/mol. The summed E-state index contributed by atoms with van der Waals surface area (Å²) in [6.07, 6.45) is 0.944. The number of likely N-dealkylation sites (N-methyl/N-ethyl adjacent to an activating group) is 1. The topological polar surface area (TPSA) is 38.1 Å². The van der Waals surface area contributed by atoms with Gasteiger partial charge in [-0.15, -0.1) is 0 Å². The molecule has 0 unspecified atom stereocenters. The smallest absolute Gasteiger partial charge is 0.195 e. The van der Waals surface area contributed by atoms with Gasteiger partial charge in [0.05, 0.1) is 11.0 Å². The molecule has 0 aliphatic heterocycles. The highest BCUT2D eigenvalue weighted by molar-refractivity contribution is 5.94. The predicted molar refractivity (Wildman–Crippen MR) is 102 cm³/mol. The Morgan fingerprint density at radius 2 is 1.80 bits per heavy atom. The molecular weight excluding hydrogens is 310 g/mol. The SMILES string of the molecule is CC[C@H](CN(C)Cc1ccccc1)n1c(C(C)=O)nc2ccccc21. The fraction of sp³-hybridized carbons (Fsp3) is 0.333. The first-order valence-electron chi connectivity index (χ1n) is 8.80. The van der Waals surface area contributed by atoms with Gasteiger partial charge in [-0.25, -0.2) is 4.98 Å². The fourth-order valence-electron chi connectivity index (χ4n) is 3.38. The Kier molecular flexibility index (Phi) is 5.29. The van der Waals surface area contributed by atoms with E-state index < -0.39 is 0 Å². The maximum Gasteiger partial charge on any atom is 0.195 e. The van der Waals surface area contributed by atoms with Crippen molar-refractivity contribution in [2.45, 2.75) is 32.9 Å². The summed E-state index contributed by atoms with van der Waals surface area (Å²) in [5.74, 6) is 0.571. The number of hydrogen-bond donors (Lipinski definition) is 0. The molecule has 0 saturated heterocycles. The van der Waals surface area contributed by atoms with Crippen molar-refractivity contribution in [2.75, 3.05) is 13.6 Å². The Morgan fingerprint density at radius 1 is 1.12 bits per heavy atom. The lowest BCUT2D eigenvalue weighted by molar-refractivity contribution is 0.0996. The number of imidazole rings is 1. The molecule has 0 N–H and O–H groups in total. The van der Waals surface area contributed by atoms with E-state index in [1.807, 2.05) is 24.3 Å². The van der Waals surface area contributed by atoms with Gasteiger partial charge in [0, 0.05) is 26.1 Å². The van der Waals surface area contributed by atoms with Crippen LogP contribution in [0, 0.1) is 0 Å². The van der Waals surface area contributed by atoms with Gasteiger partial charge in [0.1, 0.15) is 0 Å². The second-order valence-corrected chi connectivity index (χ2v) is 6.59. The van der Waals surface area contributed by atoms with Crippen molar-refractivity contribution >= 4 is 16.8 Å². The summed E-state index contributed by atoms with van der Waals surface area (Å²) in [5.41, 5.74) is 3.21. The molecule has 1 aromatic heterocycles. The third-order valence-corrected chi connectivity index (χ3v) is 4.56. The molecular formula is C21H25N3O. The summed E-state index contributed by atoms with van der Waals surface area (Å²) in [7, 11) is 2.13. The van der Waals surface area contributed by atoms with E-state index in [0.29, 0.717) is 5.82 Å². The zero-order valence-electron chi connectivity index (χ0n) is 15.1. The van der Waals surface area contributed by atoms with E-state index in [0.717, 1.165) is 30.5 Å². The number of carbonyl (C=O) groups is 1. The molecule has 3 aromatic rings. The number of benzene rings is 2. The summed E-state index contributed by atoms with van der Waals surface area (Å²) >= 11 is 0. The van der Waals surface area contributed by atoms with Crippen LogP contribution in [-0.4, -0.2) is 33.8 Å². The third kappa shape index (κ3) is 3.80. The standard InChI is InChI=1S/C21H25N3O/c1-4-18(15-23(3)14-17-10-6-5-7-11-17)24-20-13-9-8-12-19(20)22-21(24)16(2)25/h5-13,18H,4,14-15H2,1-3H3/t18-/m1/s1. The lowest BCUT2D eigenvalue weighted by atomic mass is 10.1. The highest BCUT2D eigenvalue weighted by Crippen LogP contribution is 2.24. The molecule has 0 bridgehead atoms. The van der Waals surface area contributed by atoms with Gasteiger partial charge in [-0.3, -0.25) is 4.79 Å².